The lowest BCUT2D eigenvalue weighted by atomic mass is 10.2. The zero-order valence-corrected chi connectivity index (χ0v) is 7.19. The summed E-state index contributed by atoms with van der Waals surface area (Å²) >= 11 is 5.78. The van der Waals surface area contributed by atoms with Crippen LogP contribution in [0.3, 0.4) is 0 Å². The molecule has 0 fully saturated rings. The van der Waals surface area contributed by atoms with Crippen LogP contribution in [0.1, 0.15) is 17.9 Å². The molecule has 1 aromatic rings. The van der Waals surface area contributed by atoms with Gasteiger partial charge in [-0.1, -0.05) is 0 Å². The summed E-state index contributed by atoms with van der Waals surface area (Å²) in [4.78, 5) is 3.87. The molecule has 0 N–H and O–H groups in total. The predicted molar refractivity (Wildman–Crippen MR) is 45.8 cm³/mol. The van der Waals surface area contributed by atoms with Gasteiger partial charge in [0.05, 0.1) is 5.38 Å². The highest BCUT2D eigenvalue weighted by atomic mass is 35.5. The molecule has 1 unspecified atom stereocenters. The molecule has 0 spiro atoms. The quantitative estimate of drug-likeness (QED) is 0.602. The summed E-state index contributed by atoms with van der Waals surface area (Å²) in [7, 11) is 0. The van der Waals surface area contributed by atoms with Gasteiger partial charge in [0.2, 0.25) is 0 Å². The minimum absolute atomic E-state index is 0. The van der Waals surface area contributed by atoms with E-state index >= 15 is 0 Å². The molecular weight excluding hydrogens is 169 g/mol. The van der Waals surface area contributed by atoms with Gasteiger partial charge in [-0.25, -0.2) is 0 Å². The van der Waals surface area contributed by atoms with Crippen LogP contribution in [-0.4, -0.2) is 4.98 Å². The maximum Gasteiger partial charge on any atom is 0.0558 e. The number of rotatable bonds is 1. The SMILES string of the molecule is CC(Cl)c1ccncc1.Cl. The molecule has 0 saturated carbocycles. The van der Waals surface area contributed by atoms with Gasteiger partial charge in [0.25, 0.3) is 0 Å². The molecule has 0 aliphatic carbocycles. The Bertz CT molecular complexity index is 174. The Labute approximate surface area is 71.8 Å². The minimum Gasteiger partial charge on any atom is -0.265 e. The Morgan fingerprint density at radius 2 is 1.90 bits per heavy atom. The van der Waals surface area contributed by atoms with Crippen LogP contribution in [-0.2, 0) is 0 Å². The number of nitrogens with zero attached hydrogens (tertiary/aromatic N) is 1. The van der Waals surface area contributed by atoms with E-state index in [0.717, 1.165) is 5.56 Å². The van der Waals surface area contributed by atoms with Crippen LogP contribution in [0.15, 0.2) is 24.5 Å². The van der Waals surface area contributed by atoms with Crippen molar-refractivity contribution in [3.8, 4) is 0 Å². The Hall–Kier alpha value is -0.270. The molecule has 0 aliphatic rings. The normalized spacial score (nSPS) is 11.8. The van der Waals surface area contributed by atoms with Crippen molar-refractivity contribution >= 4 is 24.0 Å². The van der Waals surface area contributed by atoms with Crippen LogP contribution in [0, 0.1) is 0 Å². The number of pyridine rings is 1. The molecule has 0 amide bonds. The number of aromatic nitrogens is 1. The van der Waals surface area contributed by atoms with Crippen molar-refractivity contribution in [2.75, 3.05) is 0 Å². The standard InChI is InChI=1S/C7H8ClN.ClH/c1-6(8)7-2-4-9-5-3-7;/h2-6H,1H3;1H. The first-order chi connectivity index (χ1) is 4.30. The molecule has 56 valence electrons. The number of halogens is 2. The molecule has 1 nitrogen and oxygen atoms in total. The monoisotopic (exact) mass is 177 g/mol. The highest BCUT2D eigenvalue weighted by Crippen LogP contribution is 2.16. The van der Waals surface area contributed by atoms with E-state index in [0.29, 0.717) is 0 Å². The van der Waals surface area contributed by atoms with E-state index in [1.807, 2.05) is 19.1 Å². The molecule has 0 saturated heterocycles. The van der Waals surface area contributed by atoms with Crippen LogP contribution in [0.5, 0.6) is 0 Å². The van der Waals surface area contributed by atoms with E-state index in [9.17, 15) is 0 Å². The number of hydrogen-bond donors (Lipinski definition) is 0. The molecule has 0 bridgehead atoms. The van der Waals surface area contributed by atoms with Crippen LogP contribution in [0.2, 0.25) is 0 Å². The predicted octanol–water partition coefficient (Wildman–Crippen LogP) is 2.80. The highest BCUT2D eigenvalue weighted by Gasteiger charge is 1.96. The summed E-state index contributed by atoms with van der Waals surface area (Å²) in [5.74, 6) is 0. The van der Waals surface area contributed by atoms with Crippen molar-refractivity contribution < 1.29 is 0 Å². The second kappa shape index (κ2) is 4.53. The first-order valence-electron chi connectivity index (χ1n) is 2.84. The fourth-order valence-corrected chi connectivity index (χ4v) is 0.774. The molecule has 3 heteroatoms. The van der Waals surface area contributed by atoms with Crippen LogP contribution >= 0.6 is 24.0 Å². The maximum atomic E-state index is 5.78. The van der Waals surface area contributed by atoms with Crippen molar-refractivity contribution in [3.05, 3.63) is 30.1 Å². The maximum absolute atomic E-state index is 5.78. The highest BCUT2D eigenvalue weighted by molar-refractivity contribution is 6.20. The van der Waals surface area contributed by atoms with E-state index in [4.69, 9.17) is 11.6 Å². The Kier molecular flexibility index (Phi) is 4.41. The van der Waals surface area contributed by atoms with Crippen molar-refractivity contribution in [3.63, 3.8) is 0 Å². The lowest BCUT2D eigenvalue weighted by molar-refractivity contribution is 1.07. The first kappa shape index (κ1) is 9.73. The van der Waals surface area contributed by atoms with Gasteiger partial charge in [0.1, 0.15) is 0 Å². The van der Waals surface area contributed by atoms with Gasteiger partial charge < -0.3 is 0 Å². The van der Waals surface area contributed by atoms with Gasteiger partial charge in [-0.2, -0.15) is 0 Å². The van der Waals surface area contributed by atoms with Gasteiger partial charge in [-0.3, -0.25) is 4.98 Å². The average Bonchev–Trinajstić information content (AvgIpc) is 1.90. The Morgan fingerprint density at radius 3 is 2.20 bits per heavy atom. The summed E-state index contributed by atoms with van der Waals surface area (Å²) in [5, 5.41) is 0.0907. The zero-order valence-electron chi connectivity index (χ0n) is 5.62. The summed E-state index contributed by atoms with van der Waals surface area (Å²) in [6, 6.07) is 3.83. The van der Waals surface area contributed by atoms with E-state index in [2.05, 4.69) is 4.98 Å². The van der Waals surface area contributed by atoms with E-state index < -0.39 is 0 Å². The van der Waals surface area contributed by atoms with Crippen molar-refractivity contribution in [1.82, 2.24) is 4.98 Å². The molecule has 1 heterocycles. The van der Waals surface area contributed by atoms with Gasteiger partial charge in [0, 0.05) is 12.4 Å². The Morgan fingerprint density at radius 1 is 1.40 bits per heavy atom. The van der Waals surface area contributed by atoms with E-state index in [1.165, 1.54) is 0 Å². The largest absolute Gasteiger partial charge is 0.265 e. The minimum atomic E-state index is 0. The number of hydrogen-bond acceptors (Lipinski definition) is 1. The van der Waals surface area contributed by atoms with Gasteiger partial charge in [-0.05, 0) is 24.6 Å². The van der Waals surface area contributed by atoms with Crippen molar-refractivity contribution in [1.29, 1.82) is 0 Å². The van der Waals surface area contributed by atoms with Gasteiger partial charge >= 0.3 is 0 Å². The summed E-state index contributed by atoms with van der Waals surface area (Å²) in [6.45, 7) is 1.94. The molecule has 1 atom stereocenters. The summed E-state index contributed by atoms with van der Waals surface area (Å²) < 4.78 is 0. The lowest BCUT2D eigenvalue weighted by Gasteiger charge is -1.98. The summed E-state index contributed by atoms with van der Waals surface area (Å²) in [6.07, 6.45) is 3.49. The van der Waals surface area contributed by atoms with Gasteiger partial charge in [-0.15, -0.1) is 24.0 Å². The van der Waals surface area contributed by atoms with Gasteiger partial charge in [0.15, 0.2) is 0 Å². The smallest absolute Gasteiger partial charge is 0.0558 e. The molecule has 0 radical (unpaired) electrons. The van der Waals surface area contributed by atoms with E-state index in [1.54, 1.807) is 12.4 Å². The second-order valence-electron chi connectivity index (χ2n) is 1.90. The third kappa shape index (κ3) is 2.54. The van der Waals surface area contributed by atoms with Crippen LogP contribution < -0.4 is 0 Å². The van der Waals surface area contributed by atoms with Crippen molar-refractivity contribution in [2.45, 2.75) is 12.3 Å². The fraction of sp³-hybridized carbons (Fsp3) is 0.286. The third-order valence-electron chi connectivity index (χ3n) is 1.17. The number of alkyl halides is 1. The summed E-state index contributed by atoms with van der Waals surface area (Å²) in [5.41, 5.74) is 1.12. The molecule has 1 aromatic heterocycles. The van der Waals surface area contributed by atoms with E-state index in [-0.39, 0.29) is 17.8 Å². The molecular formula is C7H9Cl2N. The first-order valence-corrected chi connectivity index (χ1v) is 3.28. The molecule has 10 heavy (non-hydrogen) atoms. The molecule has 0 aromatic carbocycles. The van der Waals surface area contributed by atoms with Crippen LogP contribution in [0.25, 0.3) is 0 Å². The fourth-order valence-electron chi connectivity index (χ4n) is 0.629. The molecule has 0 aliphatic heterocycles. The zero-order chi connectivity index (χ0) is 6.69. The van der Waals surface area contributed by atoms with Crippen molar-refractivity contribution in [2.24, 2.45) is 0 Å². The average molecular weight is 178 g/mol. The topological polar surface area (TPSA) is 12.9 Å². The Balaban J connectivity index is 0.000000810. The molecule has 1 rings (SSSR count). The third-order valence-corrected chi connectivity index (χ3v) is 1.42. The second-order valence-corrected chi connectivity index (χ2v) is 2.55. The lowest BCUT2D eigenvalue weighted by Crippen LogP contribution is -1.82. The van der Waals surface area contributed by atoms with Crippen LogP contribution in [0.4, 0.5) is 0 Å².